The molecule has 4 heteroatoms. The molecule has 1 rings (SSSR count). The Balaban J connectivity index is 3.00. The van der Waals surface area contributed by atoms with Gasteiger partial charge in [-0.2, -0.15) is 4.36 Å². The van der Waals surface area contributed by atoms with E-state index in [1.807, 2.05) is 24.4 Å². The van der Waals surface area contributed by atoms with E-state index in [-0.39, 0.29) is 0 Å². The number of thiophene rings is 1. The van der Waals surface area contributed by atoms with Gasteiger partial charge in [-0.3, -0.25) is 0 Å². The second-order valence-electron chi connectivity index (χ2n) is 2.29. The van der Waals surface area contributed by atoms with E-state index in [1.165, 1.54) is 11.3 Å². The average molecular weight is 189 g/mol. The summed E-state index contributed by atoms with van der Waals surface area (Å²) >= 11 is 1.52. The third-order valence-electron chi connectivity index (χ3n) is 1.32. The molecule has 1 aromatic rings. The Morgan fingerprint density at radius 2 is 2.45 bits per heavy atom. The van der Waals surface area contributed by atoms with Gasteiger partial charge in [-0.1, -0.05) is 6.92 Å². The van der Waals surface area contributed by atoms with E-state index in [4.69, 9.17) is 0 Å². The van der Waals surface area contributed by atoms with Crippen LogP contribution in [-0.2, 0) is 9.73 Å². The summed E-state index contributed by atoms with van der Waals surface area (Å²) in [5.41, 5.74) is 0. The largest absolute Gasteiger partial charge is 0.250 e. The molecule has 0 aliphatic carbocycles. The lowest BCUT2D eigenvalue weighted by Gasteiger charge is -1.95. The molecule has 1 atom stereocenters. The molecule has 1 heterocycles. The van der Waals surface area contributed by atoms with E-state index in [1.54, 1.807) is 6.26 Å². The number of rotatable bonds is 2. The third kappa shape index (κ3) is 2.63. The van der Waals surface area contributed by atoms with Crippen molar-refractivity contribution in [1.29, 1.82) is 0 Å². The van der Waals surface area contributed by atoms with Crippen molar-refractivity contribution in [2.75, 3.05) is 12.0 Å². The van der Waals surface area contributed by atoms with Gasteiger partial charge < -0.3 is 0 Å². The van der Waals surface area contributed by atoms with Gasteiger partial charge >= 0.3 is 0 Å². The first-order valence-corrected chi connectivity index (χ1v) is 6.34. The molecule has 0 bridgehead atoms. The fourth-order valence-electron chi connectivity index (χ4n) is 0.577. The zero-order valence-electron chi connectivity index (χ0n) is 6.61. The number of nitrogens with zero attached hydrogens (tertiary/aromatic N) is 1. The van der Waals surface area contributed by atoms with Crippen LogP contribution in [0.2, 0.25) is 0 Å². The molecule has 0 aliphatic rings. The summed E-state index contributed by atoms with van der Waals surface area (Å²) in [5.74, 6) is 0.616. The van der Waals surface area contributed by atoms with Gasteiger partial charge in [0, 0.05) is 21.7 Å². The molecule has 2 nitrogen and oxygen atoms in total. The number of hydrogen-bond donors (Lipinski definition) is 0. The highest BCUT2D eigenvalue weighted by Gasteiger charge is 1.97. The predicted octanol–water partition coefficient (Wildman–Crippen LogP) is 2.50. The van der Waals surface area contributed by atoms with Crippen molar-refractivity contribution in [3.8, 4) is 0 Å². The first-order valence-electron chi connectivity index (χ1n) is 3.37. The van der Waals surface area contributed by atoms with Crippen LogP contribution in [0.25, 0.3) is 0 Å². The van der Waals surface area contributed by atoms with Crippen LogP contribution >= 0.6 is 11.3 Å². The van der Waals surface area contributed by atoms with Crippen molar-refractivity contribution in [2.45, 2.75) is 6.92 Å². The van der Waals surface area contributed by atoms with Gasteiger partial charge in [0.15, 0.2) is 0 Å². The van der Waals surface area contributed by atoms with Crippen molar-refractivity contribution in [1.82, 2.24) is 0 Å². The highest BCUT2D eigenvalue weighted by Crippen LogP contribution is 2.20. The summed E-state index contributed by atoms with van der Waals surface area (Å²) in [6.07, 6.45) is 1.69. The molecule has 1 unspecified atom stereocenters. The Morgan fingerprint density at radius 3 is 2.91 bits per heavy atom. The monoisotopic (exact) mass is 189 g/mol. The maximum absolute atomic E-state index is 11.5. The molecule has 0 saturated carbocycles. The summed E-state index contributed by atoms with van der Waals surface area (Å²) < 4.78 is 15.6. The van der Waals surface area contributed by atoms with Gasteiger partial charge in [0.1, 0.15) is 5.00 Å². The minimum absolute atomic E-state index is 0.616. The molecule has 62 valence electrons. The van der Waals surface area contributed by atoms with Crippen molar-refractivity contribution >= 4 is 26.1 Å². The van der Waals surface area contributed by atoms with E-state index in [0.717, 1.165) is 5.00 Å². The predicted molar refractivity (Wildman–Crippen MR) is 51.0 cm³/mol. The minimum atomic E-state index is -1.96. The third-order valence-corrected chi connectivity index (χ3v) is 3.86. The molecule has 0 aromatic carbocycles. The molecule has 0 aliphatic heterocycles. The summed E-state index contributed by atoms with van der Waals surface area (Å²) in [5, 5.41) is 2.80. The molecule has 0 radical (unpaired) electrons. The first-order chi connectivity index (χ1) is 5.14. The molecule has 0 amide bonds. The SMILES string of the molecule is CCS(C)(=O)=Nc1cccs1. The maximum atomic E-state index is 11.5. The van der Waals surface area contributed by atoms with Crippen molar-refractivity contribution in [3.05, 3.63) is 17.5 Å². The van der Waals surface area contributed by atoms with E-state index < -0.39 is 9.73 Å². The Bertz CT molecular complexity index is 320. The second kappa shape index (κ2) is 3.36. The van der Waals surface area contributed by atoms with Gasteiger partial charge in [0.25, 0.3) is 0 Å². The minimum Gasteiger partial charge on any atom is -0.250 e. The van der Waals surface area contributed by atoms with E-state index in [0.29, 0.717) is 5.75 Å². The van der Waals surface area contributed by atoms with Crippen LogP contribution in [-0.4, -0.2) is 16.2 Å². The molecule has 1 aromatic heterocycles. The summed E-state index contributed by atoms with van der Waals surface area (Å²) in [4.78, 5) is 0. The lowest BCUT2D eigenvalue weighted by molar-refractivity contribution is 0.681. The van der Waals surface area contributed by atoms with Gasteiger partial charge in [0.05, 0.1) is 0 Å². The van der Waals surface area contributed by atoms with Crippen molar-refractivity contribution in [2.24, 2.45) is 4.36 Å². The van der Waals surface area contributed by atoms with Crippen molar-refractivity contribution < 1.29 is 4.21 Å². The van der Waals surface area contributed by atoms with Crippen LogP contribution in [0.15, 0.2) is 21.9 Å². The molecule has 0 saturated heterocycles. The van der Waals surface area contributed by atoms with Gasteiger partial charge in [-0.05, 0) is 17.5 Å². The van der Waals surface area contributed by atoms with Crippen LogP contribution in [0.1, 0.15) is 6.92 Å². The molecule has 0 spiro atoms. The summed E-state index contributed by atoms with van der Waals surface area (Å²) in [6.45, 7) is 1.89. The van der Waals surface area contributed by atoms with Gasteiger partial charge in [-0.15, -0.1) is 11.3 Å². The molecule has 11 heavy (non-hydrogen) atoms. The number of hydrogen-bond acceptors (Lipinski definition) is 3. The zero-order valence-corrected chi connectivity index (χ0v) is 8.24. The molecule has 0 N–H and O–H groups in total. The molecule has 0 fully saturated rings. The zero-order chi connectivity index (χ0) is 8.32. The Labute approximate surface area is 71.4 Å². The summed E-state index contributed by atoms with van der Waals surface area (Å²) in [6, 6.07) is 3.79. The van der Waals surface area contributed by atoms with Gasteiger partial charge in [0.2, 0.25) is 0 Å². The van der Waals surface area contributed by atoms with E-state index in [9.17, 15) is 4.21 Å². The normalized spacial score (nSPS) is 15.8. The summed E-state index contributed by atoms with van der Waals surface area (Å²) in [7, 11) is -1.96. The Kier molecular flexibility index (Phi) is 2.67. The van der Waals surface area contributed by atoms with Crippen LogP contribution in [0.3, 0.4) is 0 Å². The molecular formula is C7H11NOS2. The van der Waals surface area contributed by atoms with Gasteiger partial charge in [-0.25, -0.2) is 4.21 Å². The fraction of sp³-hybridized carbons (Fsp3) is 0.429. The van der Waals surface area contributed by atoms with Crippen LogP contribution in [0.5, 0.6) is 0 Å². The van der Waals surface area contributed by atoms with E-state index >= 15 is 0 Å². The van der Waals surface area contributed by atoms with Crippen LogP contribution in [0.4, 0.5) is 5.00 Å². The first kappa shape index (κ1) is 8.74. The van der Waals surface area contributed by atoms with Crippen LogP contribution in [0, 0.1) is 0 Å². The highest BCUT2D eigenvalue weighted by atomic mass is 32.2. The quantitative estimate of drug-likeness (QED) is 0.703. The van der Waals surface area contributed by atoms with Crippen LogP contribution < -0.4 is 0 Å². The highest BCUT2D eigenvalue weighted by molar-refractivity contribution is 7.93. The Hall–Kier alpha value is -0.350. The second-order valence-corrected chi connectivity index (χ2v) is 5.90. The van der Waals surface area contributed by atoms with Crippen molar-refractivity contribution in [3.63, 3.8) is 0 Å². The standard InChI is InChI=1S/C7H11NOS2/c1-3-11(2,9)8-7-5-4-6-10-7/h4-6H,3H2,1-2H3. The van der Waals surface area contributed by atoms with E-state index in [2.05, 4.69) is 4.36 Å². The molecular weight excluding hydrogens is 178 g/mol. The lowest BCUT2D eigenvalue weighted by atomic mass is 10.6. The smallest absolute Gasteiger partial charge is 0.126 e. The topological polar surface area (TPSA) is 29.4 Å². The fourth-order valence-corrected chi connectivity index (χ4v) is 2.25. The average Bonchev–Trinajstić information content (AvgIpc) is 2.39. The lowest BCUT2D eigenvalue weighted by Crippen LogP contribution is -1.96. The maximum Gasteiger partial charge on any atom is 0.126 e. The Morgan fingerprint density at radius 1 is 1.73 bits per heavy atom.